The van der Waals surface area contributed by atoms with Crippen LogP contribution in [0.5, 0.6) is 5.75 Å². The minimum absolute atomic E-state index is 0.202. The lowest BCUT2D eigenvalue weighted by molar-refractivity contribution is -0.366. The second-order valence-electron chi connectivity index (χ2n) is 7.80. The van der Waals surface area contributed by atoms with E-state index in [1.54, 1.807) is 6.07 Å². The summed E-state index contributed by atoms with van der Waals surface area (Å²) in [7, 11) is 2.68. The lowest BCUT2D eigenvalue weighted by Crippen LogP contribution is -2.64. The molecule has 3 rings (SSSR count). The topological polar surface area (TPSA) is 132 Å². The number of nitriles is 1. The van der Waals surface area contributed by atoms with Crippen molar-refractivity contribution < 1.29 is 34.6 Å². The Morgan fingerprint density at radius 2 is 1.72 bits per heavy atom. The maximum Gasteiger partial charge on any atom is 0.228 e. The number of ether oxygens (including phenoxy) is 3. The fourth-order valence-corrected chi connectivity index (χ4v) is 4.07. The Hall–Kier alpha value is -2.51. The van der Waals surface area contributed by atoms with Crippen LogP contribution in [0.1, 0.15) is 34.7 Å². The van der Waals surface area contributed by atoms with Crippen LogP contribution in [0, 0.1) is 11.3 Å². The number of hydrogen-bond donors (Lipinski definition) is 4. The first kappa shape index (κ1) is 24.1. The first-order valence-corrected chi connectivity index (χ1v) is 10.4. The van der Waals surface area contributed by atoms with Crippen LogP contribution in [0.2, 0.25) is 0 Å². The molecule has 1 heterocycles. The summed E-state index contributed by atoms with van der Waals surface area (Å²) < 4.78 is 16.8. The highest BCUT2D eigenvalue weighted by Crippen LogP contribution is 2.44. The van der Waals surface area contributed by atoms with E-state index in [0.717, 1.165) is 12.0 Å². The van der Waals surface area contributed by atoms with E-state index in [1.165, 1.54) is 25.8 Å². The SMILES string of the molecule is CCc1ccc(Cc2cc([C@]3(OC)O[C@H](CO)[C@@H](O)[C@H](O)[C@H]3O)c(OC)cc2C#N)cc1. The van der Waals surface area contributed by atoms with E-state index in [1.807, 2.05) is 24.3 Å². The molecule has 1 aliphatic heterocycles. The van der Waals surface area contributed by atoms with Crippen LogP contribution in [-0.2, 0) is 28.1 Å². The summed E-state index contributed by atoms with van der Waals surface area (Å²) in [6.07, 6.45) is -4.72. The highest BCUT2D eigenvalue weighted by Gasteiger charge is 2.56. The monoisotopic (exact) mass is 443 g/mol. The number of aryl methyl sites for hydroxylation is 1. The number of hydrogen-bond acceptors (Lipinski definition) is 8. The normalized spacial score (nSPS) is 27.7. The molecule has 0 unspecified atom stereocenters. The zero-order valence-corrected chi connectivity index (χ0v) is 18.4. The Balaban J connectivity index is 2.13. The van der Waals surface area contributed by atoms with Crippen molar-refractivity contribution in [2.45, 2.75) is 50.0 Å². The lowest BCUT2D eigenvalue weighted by atomic mass is 9.85. The van der Waals surface area contributed by atoms with Crippen molar-refractivity contribution in [3.8, 4) is 11.8 Å². The van der Waals surface area contributed by atoms with Gasteiger partial charge in [0, 0.05) is 7.11 Å². The van der Waals surface area contributed by atoms with Gasteiger partial charge in [0.15, 0.2) is 0 Å². The Bertz CT molecular complexity index is 970. The van der Waals surface area contributed by atoms with Crippen LogP contribution < -0.4 is 4.74 Å². The highest BCUT2D eigenvalue weighted by molar-refractivity contribution is 5.52. The molecule has 0 amide bonds. The van der Waals surface area contributed by atoms with Crippen LogP contribution in [0.15, 0.2) is 36.4 Å². The van der Waals surface area contributed by atoms with Gasteiger partial charge in [-0.05, 0) is 41.7 Å². The van der Waals surface area contributed by atoms with Gasteiger partial charge in [0.1, 0.15) is 30.2 Å². The first-order chi connectivity index (χ1) is 15.3. The molecule has 8 heteroatoms. The quantitative estimate of drug-likeness (QED) is 0.498. The zero-order chi connectivity index (χ0) is 23.5. The fourth-order valence-electron chi connectivity index (χ4n) is 4.07. The molecule has 1 aliphatic rings. The molecule has 0 saturated carbocycles. The van der Waals surface area contributed by atoms with Gasteiger partial charge in [0.05, 0.1) is 30.9 Å². The molecule has 8 nitrogen and oxygen atoms in total. The lowest BCUT2D eigenvalue weighted by Gasteiger charge is -2.48. The molecule has 2 aromatic carbocycles. The van der Waals surface area contributed by atoms with Gasteiger partial charge in [-0.2, -0.15) is 5.26 Å². The smallest absolute Gasteiger partial charge is 0.228 e. The van der Waals surface area contributed by atoms with E-state index in [0.29, 0.717) is 17.5 Å². The average Bonchev–Trinajstić information content (AvgIpc) is 2.83. The van der Waals surface area contributed by atoms with Crippen molar-refractivity contribution in [3.63, 3.8) is 0 Å². The third-order valence-corrected chi connectivity index (χ3v) is 6.00. The van der Waals surface area contributed by atoms with Gasteiger partial charge >= 0.3 is 0 Å². The number of aliphatic hydroxyl groups excluding tert-OH is 4. The largest absolute Gasteiger partial charge is 0.496 e. The molecular formula is C24H29NO7. The van der Waals surface area contributed by atoms with E-state index < -0.39 is 36.8 Å². The Morgan fingerprint density at radius 3 is 2.25 bits per heavy atom. The molecule has 0 radical (unpaired) electrons. The van der Waals surface area contributed by atoms with Crippen LogP contribution in [-0.4, -0.2) is 65.7 Å². The Kier molecular flexibility index (Phi) is 7.51. The minimum Gasteiger partial charge on any atom is -0.496 e. The van der Waals surface area contributed by atoms with E-state index >= 15 is 0 Å². The molecule has 0 aromatic heterocycles. The molecule has 172 valence electrons. The standard InChI is InChI=1S/C24H29NO7/c1-4-14-5-7-15(8-6-14)9-16-10-18(19(30-2)11-17(16)12-25)24(31-3)23(29)22(28)21(27)20(13-26)32-24/h5-8,10-11,20-23,26-29H,4,9,13H2,1-3H3/t20-,21-,22+,23-,24+/m1/s1. The van der Waals surface area contributed by atoms with E-state index in [4.69, 9.17) is 14.2 Å². The van der Waals surface area contributed by atoms with Gasteiger partial charge in [0.25, 0.3) is 0 Å². The molecule has 32 heavy (non-hydrogen) atoms. The molecule has 0 bridgehead atoms. The van der Waals surface area contributed by atoms with Gasteiger partial charge in [-0.25, -0.2) is 0 Å². The van der Waals surface area contributed by atoms with Crippen molar-refractivity contribution >= 4 is 0 Å². The van der Waals surface area contributed by atoms with Gasteiger partial charge in [0.2, 0.25) is 5.79 Å². The predicted octanol–water partition coefficient (Wildman–Crippen LogP) is 0.993. The summed E-state index contributed by atoms with van der Waals surface area (Å²) in [4.78, 5) is 0. The number of methoxy groups -OCH3 is 2. The van der Waals surface area contributed by atoms with Gasteiger partial charge in [-0.3, -0.25) is 0 Å². The first-order valence-electron chi connectivity index (χ1n) is 10.4. The van der Waals surface area contributed by atoms with Crippen molar-refractivity contribution in [2.75, 3.05) is 20.8 Å². The summed E-state index contributed by atoms with van der Waals surface area (Å²) in [5.74, 6) is -1.74. The second kappa shape index (κ2) is 9.96. The molecular weight excluding hydrogens is 414 g/mol. The summed E-state index contributed by atoms with van der Waals surface area (Å²) in [5, 5.41) is 50.8. The maximum atomic E-state index is 10.8. The van der Waals surface area contributed by atoms with Gasteiger partial charge in [-0.1, -0.05) is 31.2 Å². The number of benzene rings is 2. The molecule has 0 spiro atoms. The zero-order valence-electron chi connectivity index (χ0n) is 18.4. The second-order valence-corrected chi connectivity index (χ2v) is 7.80. The molecule has 0 aliphatic carbocycles. The third kappa shape index (κ3) is 4.24. The summed E-state index contributed by atoms with van der Waals surface area (Å²) in [6.45, 7) is 1.47. The highest BCUT2D eigenvalue weighted by atomic mass is 16.7. The number of nitrogens with zero attached hydrogens (tertiary/aromatic N) is 1. The molecule has 1 saturated heterocycles. The third-order valence-electron chi connectivity index (χ3n) is 6.00. The van der Waals surface area contributed by atoms with Crippen molar-refractivity contribution in [3.05, 3.63) is 64.2 Å². The molecule has 4 N–H and O–H groups in total. The summed E-state index contributed by atoms with van der Waals surface area (Å²) in [5.41, 5.74) is 3.43. The predicted molar refractivity (Wildman–Crippen MR) is 115 cm³/mol. The molecule has 5 atom stereocenters. The summed E-state index contributed by atoms with van der Waals surface area (Å²) >= 11 is 0. The molecule has 2 aromatic rings. The average molecular weight is 443 g/mol. The van der Waals surface area contributed by atoms with Crippen LogP contribution in [0.3, 0.4) is 0 Å². The number of rotatable bonds is 7. The van der Waals surface area contributed by atoms with Gasteiger partial charge in [-0.15, -0.1) is 0 Å². The van der Waals surface area contributed by atoms with E-state index in [-0.39, 0.29) is 11.3 Å². The van der Waals surface area contributed by atoms with Crippen LogP contribution >= 0.6 is 0 Å². The van der Waals surface area contributed by atoms with Crippen molar-refractivity contribution in [1.29, 1.82) is 5.26 Å². The van der Waals surface area contributed by atoms with E-state index in [2.05, 4.69) is 13.0 Å². The fraction of sp³-hybridized carbons (Fsp3) is 0.458. The Morgan fingerprint density at radius 1 is 1.06 bits per heavy atom. The minimum atomic E-state index is -1.94. The van der Waals surface area contributed by atoms with Gasteiger partial charge < -0.3 is 34.6 Å². The Labute approximate surface area is 187 Å². The van der Waals surface area contributed by atoms with Crippen molar-refractivity contribution in [1.82, 2.24) is 0 Å². The van der Waals surface area contributed by atoms with Crippen LogP contribution in [0.4, 0.5) is 0 Å². The summed E-state index contributed by atoms with van der Waals surface area (Å²) in [6, 6.07) is 13.4. The molecule has 1 fully saturated rings. The van der Waals surface area contributed by atoms with E-state index in [9.17, 15) is 25.7 Å². The maximum absolute atomic E-state index is 10.8. The van der Waals surface area contributed by atoms with Crippen LogP contribution in [0.25, 0.3) is 0 Å². The number of aliphatic hydroxyl groups is 4. The van der Waals surface area contributed by atoms with Crippen molar-refractivity contribution in [2.24, 2.45) is 0 Å².